The summed E-state index contributed by atoms with van der Waals surface area (Å²) in [7, 11) is -3.73. The maximum Gasteiger partial charge on any atom is 0.246 e. The molecule has 0 amide bonds. The summed E-state index contributed by atoms with van der Waals surface area (Å²) in [5.41, 5.74) is 0. The van der Waals surface area contributed by atoms with Crippen LogP contribution in [-0.2, 0) is 10.0 Å². The number of nitrogens with zero attached hydrogens (tertiary/aromatic N) is 1. The molecular weight excluding hydrogens is 311 g/mol. The Morgan fingerprint density at radius 3 is 2.59 bits per heavy atom. The van der Waals surface area contributed by atoms with Gasteiger partial charge in [0.15, 0.2) is 5.82 Å². The minimum absolute atomic E-state index is 0.161. The van der Waals surface area contributed by atoms with Crippen molar-refractivity contribution < 1.29 is 12.8 Å². The van der Waals surface area contributed by atoms with E-state index in [0.29, 0.717) is 26.2 Å². The number of hydrogen-bond acceptors (Lipinski definition) is 3. The Kier molecular flexibility index (Phi) is 3.82. The third-order valence-electron chi connectivity index (χ3n) is 2.61. The molecule has 0 aliphatic carbocycles. The molecule has 0 radical (unpaired) electrons. The Morgan fingerprint density at radius 2 is 1.94 bits per heavy atom. The molecule has 17 heavy (non-hydrogen) atoms. The maximum absolute atomic E-state index is 13.8. The lowest BCUT2D eigenvalue weighted by Gasteiger charge is -2.26. The first-order chi connectivity index (χ1) is 8.03. The number of nitrogens with one attached hydrogen (secondary N) is 1. The molecule has 94 valence electrons. The summed E-state index contributed by atoms with van der Waals surface area (Å²) in [6, 6.07) is 4.28. The molecule has 0 saturated carbocycles. The van der Waals surface area contributed by atoms with Gasteiger partial charge in [-0.25, -0.2) is 12.8 Å². The molecule has 7 heteroatoms. The summed E-state index contributed by atoms with van der Waals surface area (Å²) in [4.78, 5) is -0.270. The van der Waals surface area contributed by atoms with E-state index in [1.165, 1.54) is 22.5 Å². The SMILES string of the molecule is O=S(=O)(c1cccc(Br)c1F)N1CCNCC1. The molecule has 2 rings (SSSR count). The molecule has 0 atom stereocenters. The second-order valence-electron chi connectivity index (χ2n) is 3.71. The molecule has 4 nitrogen and oxygen atoms in total. The predicted molar refractivity (Wildman–Crippen MR) is 65.7 cm³/mol. The first-order valence-electron chi connectivity index (χ1n) is 5.18. The molecule has 1 aromatic carbocycles. The van der Waals surface area contributed by atoms with Crippen molar-refractivity contribution in [2.75, 3.05) is 26.2 Å². The van der Waals surface area contributed by atoms with Crippen molar-refractivity contribution >= 4 is 26.0 Å². The zero-order valence-corrected chi connectivity index (χ0v) is 11.4. The van der Waals surface area contributed by atoms with Crippen molar-refractivity contribution in [3.05, 3.63) is 28.5 Å². The fourth-order valence-corrected chi connectivity index (χ4v) is 3.73. The van der Waals surface area contributed by atoms with Gasteiger partial charge in [0, 0.05) is 26.2 Å². The fraction of sp³-hybridized carbons (Fsp3) is 0.400. The van der Waals surface area contributed by atoms with Gasteiger partial charge in [0.1, 0.15) is 4.90 Å². The molecule has 1 saturated heterocycles. The van der Waals surface area contributed by atoms with E-state index in [1.54, 1.807) is 0 Å². The minimum atomic E-state index is -3.73. The van der Waals surface area contributed by atoms with Crippen LogP contribution in [0.5, 0.6) is 0 Å². The van der Waals surface area contributed by atoms with Crippen LogP contribution < -0.4 is 5.32 Å². The molecule has 0 spiro atoms. The second-order valence-corrected chi connectivity index (χ2v) is 6.47. The van der Waals surface area contributed by atoms with E-state index in [-0.39, 0.29) is 9.37 Å². The normalized spacial score (nSPS) is 18.2. The van der Waals surface area contributed by atoms with Crippen LogP contribution in [0.1, 0.15) is 0 Å². The Morgan fingerprint density at radius 1 is 1.29 bits per heavy atom. The fourth-order valence-electron chi connectivity index (χ4n) is 1.71. The first-order valence-corrected chi connectivity index (χ1v) is 7.41. The number of piperazine rings is 1. The summed E-state index contributed by atoms with van der Waals surface area (Å²) in [5, 5.41) is 3.06. The highest BCUT2D eigenvalue weighted by Crippen LogP contribution is 2.25. The lowest BCUT2D eigenvalue weighted by molar-refractivity contribution is 0.358. The van der Waals surface area contributed by atoms with Gasteiger partial charge in [-0.05, 0) is 28.1 Å². The molecule has 0 unspecified atom stereocenters. The third kappa shape index (κ3) is 2.52. The average Bonchev–Trinajstić information content (AvgIpc) is 2.33. The largest absolute Gasteiger partial charge is 0.314 e. The maximum atomic E-state index is 13.8. The summed E-state index contributed by atoms with van der Waals surface area (Å²) >= 11 is 2.99. The van der Waals surface area contributed by atoms with E-state index in [4.69, 9.17) is 0 Å². The molecule has 1 heterocycles. The molecule has 1 aromatic rings. The van der Waals surface area contributed by atoms with Gasteiger partial charge in [0.05, 0.1) is 4.47 Å². The van der Waals surface area contributed by atoms with Crippen LogP contribution >= 0.6 is 15.9 Å². The van der Waals surface area contributed by atoms with E-state index in [9.17, 15) is 12.8 Å². The van der Waals surface area contributed by atoms with Gasteiger partial charge >= 0.3 is 0 Å². The number of sulfonamides is 1. The van der Waals surface area contributed by atoms with E-state index in [0.717, 1.165) is 0 Å². The lowest BCUT2D eigenvalue weighted by Crippen LogP contribution is -2.46. The smallest absolute Gasteiger partial charge is 0.246 e. The highest BCUT2D eigenvalue weighted by Gasteiger charge is 2.28. The summed E-state index contributed by atoms with van der Waals surface area (Å²) in [5.74, 6) is -0.731. The Balaban J connectivity index is 2.40. The van der Waals surface area contributed by atoms with E-state index in [2.05, 4.69) is 21.2 Å². The summed E-state index contributed by atoms with van der Waals surface area (Å²) in [6.07, 6.45) is 0. The standard InChI is InChI=1S/C10H12BrFN2O2S/c11-8-2-1-3-9(10(8)12)17(15,16)14-6-4-13-5-7-14/h1-3,13H,4-7H2. The van der Waals surface area contributed by atoms with Gasteiger partial charge in [0.25, 0.3) is 0 Å². The average molecular weight is 323 g/mol. The van der Waals surface area contributed by atoms with Crippen molar-refractivity contribution in [1.82, 2.24) is 9.62 Å². The van der Waals surface area contributed by atoms with Crippen LogP contribution in [0.3, 0.4) is 0 Å². The quantitative estimate of drug-likeness (QED) is 0.889. The predicted octanol–water partition coefficient (Wildman–Crippen LogP) is 1.18. The van der Waals surface area contributed by atoms with Crippen molar-refractivity contribution in [3.8, 4) is 0 Å². The second kappa shape index (κ2) is 5.01. The van der Waals surface area contributed by atoms with Gasteiger partial charge < -0.3 is 5.32 Å². The molecule has 1 N–H and O–H groups in total. The molecule has 0 bridgehead atoms. The Bertz CT molecular complexity index is 515. The molecular formula is C10H12BrFN2O2S. The number of hydrogen-bond donors (Lipinski definition) is 1. The summed E-state index contributed by atoms with van der Waals surface area (Å²) < 4.78 is 39.6. The third-order valence-corrected chi connectivity index (χ3v) is 5.14. The van der Waals surface area contributed by atoms with Crippen molar-refractivity contribution in [1.29, 1.82) is 0 Å². The van der Waals surface area contributed by atoms with Crippen LogP contribution in [0, 0.1) is 5.82 Å². The monoisotopic (exact) mass is 322 g/mol. The van der Waals surface area contributed by atoms with Crippen LogP contribution in [-0.4, -0.2) is 38.9 Å². The number of rotatable bonds is 2. The highest BCUT2D eigenvalue weighted by atomic mass is 79.9. The Hall–Kier alpha value is -0.500. The van der Waals surface area contributed by atoms with Crippen molar-refractivity contribution in [2.24, 2.45) is 0 Å². The van der Waals surface area contributed by atoms with Crippen LogP contribution in [0.2, 0.25) is 0 Å². The highest BCUT2D eigenvalue weighted by molar-refractivity contribution is 9.10. The molecule has 0 aromatic heterocycles. The van der Waals surface area contributed by atoms with E-state index < -0.39 is 15.8 Å². The zero-order chi connectivity index (χ0) is 12.5. The minimum Gasteiger partial charge on any atom is -0.314 e. The van der Waals surface area contributed by atoms with Gasteiger partial charge in [-0.3, -0.25) is 0 Å². The van der Waals surface area contributed by atoms with Gasteiger partial charge in [-0.1, -0.05) is 6.07 Å². The summed E-state index contributed by atoms with van der Waals surface area (Å²) in [6.45, 7) is 1.92. The van der Waals surface area contributed by atoms with Crippen molar-refractivity contribution in [2.45, 2.75) is 4.90 Å². The Labute approximate surface area is 108 Å². The van der Waals surface area contributed by atoms with Gasteiger partial charge in [0.2, 0.25) is 10.0 Å². The number of halogens is 2. The first kappa shape index (κ1) is 12.9. The zero-order valence-electron chi connectivity index (χ0n) is 8.99. The molecule has 1 aliphatic rings. The van der Waals surface area contributed by atoms with E-state index in [1.807, 2.05) is 0 Å². The molecule has 1 aliphatic heterocycles. The van der Waals surface area contributed by atoms with Crippen molar-refractivity contribution in [3.63, 3.8) is 0 Å². The van der Waals surface area contributed by atoms with Gasteiger partial charge in [-0.2, -0.15) is 4.31 Å². The van der Waals surface area contributed by atoms with Crippen LogP contribution in [0.4, 0.5) is 4.39 Å². The van der Waals surface area contributed by atoms with Gasteiger partial charge in [-0.15, -0.1) is 0 Å². The van der Waals surface area contributed by atoms with E-state index >= 15 is 0 Å². The lowest BCUT2D eigenvalue weighted by atomic mass is 10.3. The van der Waals surface area contributed by atoms with Crippen LogP contribution in [0.15, 0.2) is 27.6 Å². The molecule has 1 fully saturated rings. The number of benzene rings is 1. The topological polar surface area (TPSA) is 49.4 Å². The van der Waals surface area contributed by atoms with Crippen LogP contribution in [0.25, 0.3) is 0 Å².